The smallest absolute Gasteiger partial charge is 0.337 e. The Labute approximate surface area is 248 Å². The number of rotatable bonds is 5. The monoisotopic (exact) mass is 610 g/mol. The molecule has 3 aliphatic rings. The van der Waals surface area contributed by atoms with Crippen molar-refractivity contribution in [3.05, 3.63) is 117 Å². The highest BCUT2D eigenvalue weighted by molar-refractivity contribution is 9.10. The third-order valence-corrected chi connectivity index (χ3v) is 8.57. The fourth-order valence-electron chi connectivity index (χ4n) is 6.57. The third-order valence-electron chi connectivity index (χ3n) is 8.08. The van der Waals surface area contributed by atoms with Crippen molar-refractivity contribution in [2.24, 2.45) is 5.41 Å². The summed E-state index contributed by atoms with van der Waals surface area (Å²) in [5.74, 6) is -1.07. The SMILES string of the molecule is CCOC(=O)C1=C(c2ccccc2)N(Cc2ccccc2)C(=O)C12C1=C(CC(C)(C)CC1=O)Nc1ccc(Br)cc12. The van der Waals surface area contributed by atoms with Gasteiger partial charge in [0.05, 0.1) is 24.4 Å². The average molecular weight is 612 g/mol. The molecule has 3 aromatic rings. The van der Waals surface area contributed by atoms with Crippen LogP contribution in [-0.2, 0) is 31.1 Å². The first-order valence-electron chi connectivity index (χ1n) is 13.8. The molecular weight excluding hydrogens is 580 g/mol. The van der Waals surface area contributed by atoms with Gasteiger partial charge in [-0.25, -0.2) is 4.79 Å². The lowest BCUT2D eigenvalue weighted by molar-refractivity contribution is -0.141. The van der Waals surface area contributed by atoms with Gasteiger partial charge in [0.2, 0.25) is 5.91 Å². The summed E-state index contributed by atoms with van der Waals surface area (Å²) in [5, 5.41) is 3.49. The maximum Gasteiger partial charge on any atom is 0.337 e. The van der Waals surface area contributed by atoms with E-state index in [0.29, 0.717) is 40.2 Å². The number of nitrogens with zero attached hydrogens (tertiary/aromatic N) is 1. The number of carbonyl (C=O) groups is 3. The van der Waals surface area contributed by atoms with Crippen LogP contribution in [0.4, 0.5) is 5.69 Å². The van der Waals surface area contributed by atoms with Crippen LogP contribution >= 0.6 is 15.9 Å². The molecule has 1 amide bonds. The number of ether oxygens (including phenoxy) is 1. The summed E-state index contributed by atoms with van der Waals surface area (Å²) in [4.78, 5) is 45.4. The molecule has 2 aliphatic heterocycles. The van der Waals surface area contributed by atoms with Crippen molar-refractivity contribution in [1.82, 2.24) is 4.90 Å². The van der Waals surface area contributed by atoms with Crippen molar-refractivity contribution < 1.29 is 19.1 Å². The molecule has 0 bridgehead atoms. The lowest BCUT2D eigenvalue weighted by Crippen LogP contribution is -2.50. The van der Waals surface area contributed by atoms with Crippen LogP contribution in [0.15, 0.2) is 100 Å². The molecule has 0 saturated carbocycles. The molecular formula is C34H31BrN2O4. The van der Waals surface area contributed by atoms with Gasteiger partial charge in [0, 0.05) is 33.4 Å². The van der Waals surface area contributed by atoms with Crippen molar-refractivity contribution in [2.75, 3.05) is 11.9 Å². The lowest BCUT2D eigenvalue weighted by Gasteiger charge is -2.44. The van der Waals surface area contributed by atoms with Crippen LogP contribution in [0.3, 0.4) is 0 Å². The zero-order chi connectivity index (χ0) is 28.9. The van der Waals surface area contributed by atoms with Gasteiger partial charge >= 0.3 is 5.97 Å². The second-order valence-corrected chi connectivity index (χ2v) is 12.5. The van der Waals surface area contributed by atoms with Gasteiger partial charge in [-0.3, -0.25) is 9.59 Å². The van der Waals surface area contributed by atoms with Crippen molar-refractivity contribution in [2.45, 2.75) is 45.6 Å². The molecule has 1 spiro atoms. The predicted octanol–water partition coefficient (Wildman–Crippen LogP) is 6.77. The Bertz CT molecular complexity index is 1640. The molecule has 0 fully saturated rings. The Hall–Kier alpha value is -3.97. The molecule has 1 N–H and O–H groups in total. The van der Waals surface area contributed by atoms with Gasteiger partial charge in [0.25, 0.3) is 0 Å². The minimum atomic E-state index is -1.67. The molecule has 3 aromatic carbocycles. The molecule has 6 rings (SSSR count). The summed E-state index contributed by atoms with van der Waals surface area (Å²) in [7, 11) is 0. The van der Waals surface area contributed by atoms with Gasteiger partial charge in [0.1, 0.15) is 5.41 Å². The number of carbonyl (C=O) groups excluding carboxylic acids is 3. The highest BCUT2D eigenvalue weighted by Gasteiger charge is 2.64. The largest absolute Gasteiger partial charge is 0.463 e. The molecule has 41 heavy (non-hydrogen) atoms. The summed E-state index contributed by atoms with van der Waals surface area (Å²) < 4.78 is 6.45. The zero-order valence-corrected chi connectivity index (χ0v) is 24.9. The number of esters is 1. The first-order valence-corrected chi connectivity index (χ1v) is 14.6. The number of benzene rings is 3. The van der Waals surface area contributed by atoms with Crippen LogP contribution in [0.5, 0.6) is 0 Å². The Morgan fingerprint density at radius 1 is 0.976 bits per heavy atom. The van der Waals surface area contributed by atoms with Crippen molar-refractivity contribution in [1.29, 1.82) is 0 Å². The maximum absolute atomic E-state index is 15.3. The van der Waals surface area contributed by atoms with Gasteiger partial charge in [-0.2, -0.15) is 0 Å². The number of nitrogens with one attached hydrogen (secondary N) is 1. The van der Waals surface area contributed by atoms with Crippen molar-refractivity contribution in [3.8, 4) is 0 Å². The van der Waals surface area contributed by atoms with Crippen LogP contribution in [0.25, 0.3) is 5.70 Å². The van der Waals surface area contributed by atoms with Crippen LogP contribution in [0.1, 0.15) is 50.3 Å². The molecule has 0 aromatic heterocycles. The van der Waals surface area contributed by atoms with E-state index in [2.05, 4.69) is 35.1 Å². The van der Waals surface area contributed by atoms with E-state index in [1.54, 1.807) is 11.8 Å². The van der Waals surface area contributed by atoms with Crippen LogP contribution < -0.4 is 5.32 Å². The quantitative estimate of drug-likeness (QED) is 0.323. The predicted molar refractivity (Wildman–Crippen MR) is 161 cm³/mol. The van der Waals surface area contributed by atoms with E-state index in [-0.39, 0.29) is 42.3 Å². The first-order chi connectivity index (χ1) is 19.7. The molecule has 1 aliphatic carbocycles. The molecule has 7 heteroatoms. The second-order valence-electron chi connectivity index (χ2n) is 11.5. The fraction of sp³-hybridized carbons (Fsp3) is 0.265. The Balaban J connectivity index is 1.75. The van der Waals surface area contributed by atoms with Gasteiger partial charge in [-0.15, -0.1) is 0 Å². The summed E-state index contributed by atoms with van der Waals surface area (Å²) >= 11 is 3.59. The van der Waals surface area contributed by atoms with Gasteiger partial charge in [-0.1, -0.05) is 90.4 Å². The highest BCUT2D eigenvalue weighted by atomic mass is 79.9. The minimum Gasteiger partial charge on any atom is -0.463 e. The molecule has 0 radical (unpaired) electrons. The summed E-state index contributed by atoms with van der Waals surface area (Å²) in [6.45, 7) is 6.21. The summed E-state index contributed by atoms with van der Waals surface area (Å²) in [6, 6.07) is 24.8. The summed E-state index contributed by atoms with van der Waals surface area (Å²) in [6.07, 6.45) is 0.829. The minimum absolute atomic E-state index is 0.129. The molecule has 0 saturated heterocycles. The highest BCUT2D eigenvalue weighted by Crippen LogP contribution is 2.59. The summed E-state index contributed by atoms with van der Waals surface area (Å²) in [5.41, 5.74) is 2.59. The number of anilines is 1. The number of Topliss-reactive ketones (excluding diaryl/α,β-unsaturated/α-hetero) is 1. The maximum atomic E-state index is 15.3. The number of allylic oxidation sites excluding steroid dienone is 1. The first kappa shape index (κ1) is 27.2. The third kappa shape index (κ3) is 4.34. The van der Waals surface area contributed by atoms with E-state index in [9.17, 15) is 9.59 Å². The van der Waals surface area contributed by atoms with Crippen LogP contribution in [0.2, 0.25) is 0 Å². The molecule has 1 unspecified atom stereocenters. The van der Waals surface area contributed by atoms with E-state index < -0.39 is 11.4 Å². The van der Waals surface area contributed by atoms with Gasteiger partial charge in [-0.05, 0) is 48.1 Å². The zero-order valence-electron chi connectivity index (χ0n) is 23.3. The van der Waals surface area contributed by atoms with E-state index >= 15 is 4.79 Å². The van der Waals surface area contributed by atoms with Crippen LogP contribution in [-0.4, -0.2) is 29.2 Å². The number of amides is 1. The molecule has 208 valence electrons. The fourth-order valence-corrected chi connectivity index (χ4v) is 6.93. The number of halogens is 1. The number of ketones is 1. The van der Waals surface area contributed by atoms with E-state index in [1.165, 1.54) is 0 Å². The normalized spacial score (nSPS) is 21.1. The molecule has 6 nitrogen and oxygen atoms in total. The lowest BCUT2D eigenvalue weighted by atomic mass is 9.60. The Kier molecular flexibility index (Phi) is 6.73. The van der Waals surface area contributed by atoms with Crippen molar-refractivity contribution >= 4 is 45.0 Å². The van der Waals surface area contributed by atoms with E-state index in [1.807, 2.05) is 78.9 Å². The Morgan fingerprint density at radius 2 is 1.66 bits per heavy atom. The van der Waals surface area contributed by atoms with Crippen molar-refractivity contribution in [3.63, 3.8) is 0 Å². The average Bonchev–Trinajstić information content (AvgIpc) is 3.18. The number of hydrogen-bond donors (Lipinski definition) is 1. The van der Waals surface area contributed by atoms with E-state index in [4.69, 9.17) is 4.74 Å². The molecule has 1 atom stereocenters. The van der Waals surface area contributed by atoms with Gasteiger partial charge < -0.3 is 15.0 Å². The topological polar surface area (TPSA) is 75.7 Å². The molecule has 2 heterocycles. The van der Waals surface area contributed by atoms with Gasteiger partial charge in [0.15, 0.2) is 5.78 Å². The van der Waals surface area contributed by atoms with E-state index in [0.717, 1.165) is 10.0 Å². The second kappa shape index (κ2) is 10.1. The standard InChI is InChI=1S/C34H31BrN2O4/c1-4-41-31(39)29-30(22-13-9-6-10-14-22)37(20-21-11-7-5-8-12-21)32(40)34(29)24-17-23(35)15-16-25(24)36-26-18-33(2,3)19-27(38)28(26)34/h5-17,36H,4,18-20H2,1-3H3. The number of hydrogen-bond acceptors (Lipinski definition) is 5. The Morgan fingerprint density at radius 3 is 2.34 bits per heavy atom. The number of fused-ring (bicyclic) bond motifs is 3. The van der Waals surface area contributed by atoms with Crippen LogP contribution in [0, 0.1) is 5.41 Å².